The van der Waals surface area contributed by atoms with E-state index in [0.717, 1.165) is 32.5 Å². The highest BCUT2D eigenvalue weighted by Crippen LogP contribution is 2.41. The quantitative estimate of drug-likeness (QED) is 0.850. The second-order valence-electron chi connectivity index (χ2n) is 6.91. The Hall–Kier alpha value is -1.46. The topological polar surface area (TPSA) is 45.7 Å². The van der Waals surface area contributed by atoms with Gasteiger partial charge in [0.15, 0.2) is 0 Å². The summed E-state index contributed by atoms with van der Waals surface area (Å²) in [5.41, 5.74) is 1.40. The first kappa shape index (κ1) is 15.4. The van der Waals surface area contributed by atoms with E-state index < -0.39 is 0 Å². The Morgan fingerprint density at radius 2 is 2.41 bits per heavy atom. The maximum atomic E-state index is 12.1. The van der Waals surface area contributed by atoms with Crippen LogP contribution < -0.4 is 0 Å². The number of hydrogen-bond acceptors (Lipinski definition) is 4. The van der Waals surface area contributed by atoms with Crippen molar-refractivity contribution in [3.63, 3.8) is 0 Å². The molecule has 1 amide bonds. The summed E-state index contributed by atoms with van der Waals surface area (Å²) in [6.07, 6.45) is 6.68. The predicted molar refractivity (Wildman–Crippen MR) is 84.2 cm³/mol. The minimum atomic E-state index is -0.256. The van der Waals surface area contributed by atoms with E-state index in [0.29, 0.717) is 6.61 Å². The molecule has 22 heavy (non-hydrogen) atoms. The zero-order chi connectivity index (χ0) is 15.6. The van der Waals surface area contributed by atoms with Gasteiger partial charge in [0, 0.05) is 45.0 Å². The molecule has 2 fully saturated rings. The van der Waals surface area contributed by atoms with Crippen molar-refractivity contribution in [1.82, 2.24) is 14.8 Å². The van der Waals surface area contributed by atoms with E-state index in [2.05, 4.69) is 16.0 Å². The number of carbonyl (C=O) groups is 1. The lowest BCUT2D eigenvalue weighted by Crippen LogP contribution is -2.44. The SMILES string of the molecule is CN(C)C(=O)[C@@H]1C[C@@]2(CCCN(Cc3cccnc3)C2)CO1. The summed E-state index contributed by atoms with van der Waals surface area (Å²) in [6.45, 7) is 3.77. The smallest absolute Gasteiger partial charge is 0.251 e. The van der Waals surface area contributed by atoms with Crippen LogP contribution in [0.4, 0.5) is 0 Å². The lowest BCUT2D eigenvalue weighted by atomic mass is 9.78. The molecule has 120 valence electrons. The van der Waals surface area contributed by atoms with Crippen molar-refractivity contribution < 1.29 is 9.53 Å². The standard InChI is InChI=1S/C17H25N3O2/c1-19(2)16(21)15-9-17(13-22-15)6-4-8-20(12-17)11-14-5-3-7-18-10-14/h3,5,7,10,15H,4,6,8-9,11-13H2,1-2H3/t15-,17+/m0/s1. The molecule has 2 saturated heterocycles. The van der Waals surface area contributed by atoms with Crippen LogP contribution >= 0.6 is 0 Å². The van der Waals surface area contributed by atoms with Crippen molar-refractivity contribution in [3.8, 4) is 0 Å². The van der Waals surface area contributed by atoms with Crippen LogP contribution in [0.25, 0.3) is 0 Å². The van der Waals surface area contributed by atoms with Gasteiger partial charge in [0.2, 0.25) is 0 Å². The molecule has 0 N–H and O–H groups in total. The first-order valence-corrected chi connectivity index (χ1v) is 8.02. The zero-order valence-corrected chi connectivity index (χ0v) is 13.5. The number of ether oxygens (including phenoxy) is 1. The van der Waals surface area contributed by atoms with Crippen LogP contribution in [-0.2, 0) is 16.1 Å². The first-order chi connectivity index (χ1) is 10.6. The normalized spacial score (nSPS) is 28.9. The van der Waals surface area contributed by atoms with Gasteiger partial charge in [0.1, 0.15) is 6.10 Å². The molecular formula is C17H25N3O2. The van der Waals surface area contributed by atoms with Crippen molar-refractivity contribution in [2.45, 2.75) is 31.9 Å². The number of rotatable bonds is 3. The third-order valence-corrected chi connectivity index (χ3v) is 4.79. The molecule has 3 rings (SSSR count). The number of aromatic nitrogens is 1. The molecule has 0 bridgehead atoms. The lowest BCUT2D eigenvalue weighted by Gasteiger charge is -2.39. The van der Waals surface area contributed by atoms with E-state index in [4.69, 9.17) is 4.74 Å². The molecule has 0 unspecified atom stereocenters. The molecule has 0 aliphatic carbocycles. The molecule has 2 aliphatic rings. The molecule has 2 atom stereocenters. The van der Waals surface area contributed by atoms with Crippen LogP contribution in [0.3, 0.4) is 0 Å². The summed E-state index contributed by atoms with van der Waals surface area (Å²) < 4.78 is 5.84. The van der Waals surface area contributed by atoms with Crippen molar-refractivity contribution in [1.29, 1.82) is 0 Å². The average molecular weight is 303 g/mol. The Labute approximate surface area is 132 Å². The Morgan fingerprint density at radius 3 is 3.14 bits per heavy atom. The summed E-state index contributed by atoms with van der Waals surface area (Å²) in [5, 5.41) is 0. The van der Waals surface area contributed by atoms with Crippen LogP contribution in [0.2, 0.25) is 0 Å². The fourth-order valence-electron chi connectivity index (χ4n) is 3.71. The van der Waals surface area contributed by atoms with Gasteiger partial charge in [-0.25, -0.2) is 0 Å². The summed E-state index contributed by atoms with van der Waals surface area (Å²) in [7, 11) is 3.60. The number of likely N-dealkylation sites (N-methyl/N-ethyl adjacent to an activating group) is 1. The predicted octanol–water partition coefficient (Wildman–Crippen LogP) is 1.54. The molecule has 1 aromatic heterocycles. The van der Waals surface area contributed by atoms with Gasteiger partial charge in [-0.05, 0) is 37.4 Å². The largest absolute Gasteiger partial charge is 0.368 e. The second kappa shape index (κ2) is 6.34. The van der Waals surface area contributed by atoms with Crippen molar-refractivity contribution >= 4 is 5.91 Å². The molecule has 2 aliphatic heterocycles. The van der Waals surface area contributed by atoms with Gasteiger partial charge in [-0.1, -0.05) is 6.07 Å². The second-order valence-corrected chi connectivity index (χ2v) is 6.91. The molecule has 0 radical (unpaired) electrons. The average Bonchev–Trinajstić information content (AvgIpc) is 2.91. The minimum Gasteiger partial charge on any atom is -0.368 e. The van der Waals surface area contributed by atoms with Crippen molar-refractivity contribution in [2.24, 2.45) is 5.41 Å². The fourth-order valence-corrected chi connectivity index (χ4v) is 3.71. The number of nitrogens with zero attached hydrogens (tertiary/aromatic N) is 3. The summed E-state index contributed by atoms with van der Waals surface area (Å²) >= 11 is 0. The van der Waals surface area contributed by atoms with E-state index >= 15 is 0 Å². The third kappa shape index (κ3) is 3.31. The Balaban J connectivity index is 1.62. The fraction of sp³-hybridized carbons (Fsp3) is 0.647. The van der Waals surface area contributed by atoms with Gasteiger partial charge >= 0.3 is 0 Å². The Morgan fingerprint density at radius 1 is 1.55 bits per heavy atom. The highest BCUT2D eigenvalue weighted by atomic mass is 16.5. The monoisotopic (exact) mass is 303 g/mol. The van der Waals surface area contributed by atoms with Gasteiger partial charge in [-0.15, -0.1) is 0 Å². The number of hydrogen-bond donors (Lipinski definition) is 0. The zero-order valence-electron chi connectivity index (χ0n) is 13.5. The number of amides is 1. The van der Waals surface area contributed by atoms with Crippen LogP contribution in [-0.4, -0.2) is 60.6 Å². The maximum Gasteiger partial charge on any atom is 0.251 e. The molecule has 0 saturated carbocycles. The molecule has 1 aromatic rings. The summed E-state index contributed by atoms with van der Waals surface area (Å²) in [5.74, 6) is 0.0984. The minimum absolute atomic E-state index is 0.0984. The van der Waals surface area contributed by atoms with Gasteiger partial charge in [0.25, 0.3) is 5.91 Å². The van der Waals surface area contributed by atoms with Gasteiger partial charge < -0.3 is 9.64 Å². The lowest BCUT2D eigenvalue weighted by molar-refractivity contribution is -0.138. The van der Waals surface area contributed by atoms with Crippen LogP contribution in [0.1, 0.15) is 24.8 Å². The number of pyridine rings is 1. The van der Waals surface area contributed by atoms with Crippen LogP contribution in [0, 0.1) is 5.41 Å². The van der Waals surface area contributed by atoms with E-state index in [9.17, 15) is 4.79 Å². The van der Waals surface area contributed by atoms with Gasteiger partial charge in [-0.2, -0.15) is 0 Å². The maximum absolute atomic E-state index is 12.1. The van der Waals surface area contributed by atoms with Crippen molar-refractivity contribution in [2.75, 3.05) is 33.8 Å². The highest BCUT2D eigenvalue weighted by Gasteiger charge is 2.45. The molecule has 1 spiro atoms. The van der Waals surface area contributed by atoms with E-state index in [1.807, 2.05) is 18.5 Å². The van der Waals surface area contributed by atoms with E-state index in [-0.39, 0.29) is 17.4 Å². The molecule has 0 aromatic carbocycles. The van der Waals surface area contributed by atoms with Crippen LogP contribution in [0.15, 0.2) is 24.5 Å². The molecule has 3 heterocycles. The van der Waals surface area contributed by atoms with Gasteiger partial charge in [-0.3, -0.25) is 14.7 Å². The first-order valence-electron chi connectivity index (χ1n) is 8.02. The summed E-state index contributed by atoms with van der Waals surface area (Å²) in [4.78, 5) is 20.4. The third-order valence-electron chi connectivity index (χ3n) is 4.79. The van der Waals surface area contributed by atoms with Gasteiger partial charge in [0.05, 0.1) is 6.61 Å². The molecular weight excluding hydrogens is 278 g/mol. The number of piperidine rings is 1. The van der Waals surface area contributed by atoms with Crippen LogP contribution in [0.5, 0.6) is 0 Å². The van der Waals surface area contributed by atoms with E-state index in [1.54, 1.807) is 19.0 Å². The highest BCUT2D eigenvalue weighted by molar-refractivity contribution is 5.80. The number of carbonyl (C=O) groups excluding carboxylic acids is 1. The van der Waals surface area contributed by atoms with E-state index in [1.165, 1.54) is 12.0 Å². The summed E-state index contributed by atoms with van der Waals surface area (Å²) in [6, 6.07) is 4.11. The van der Waals surface area contributed by atoms with Crippen molar-refractivity contribution in [3.05, 3.63) is 30.1 Å². The molecule has 5 heteroatoms. The Kier molecular flexibility index (Phi) is 4.45. The number of likely N-dealkylation sites (tertiary alicyclic amines) is 1. The Bertz CT molecular complexity index is 520. The molecule has 5 nitrogen and oxygen atoms in total.